The first kappa shape index (κ1) is 9.76. The van der Waals surface area contributed by atoms with Gasteiger partial charge in [-0.05, 0) is 12.5 Å². The number of aromatic amines is 1. The van der Waals surface area contributed by atoms with E-state index in [1.807, 2.05) is 11.0 Å². The Balaban J connectivity index is 2.14. The highest BCUT2D eigenvalue weighted by molar-refractivity contribution is 5.78. The predicted molar refractivity (Wildman–Crippen MR) is 56.6 cm³/mol. The number of rotatable bonds is 2. The molecule has 1 aliphatic rings. The second-order valence-corrected chi connectivity index (χ2v) is 3.73. The molecule has 0 radical (unpaired) electrons. The Labute approximate surface area is 86.9 Å². The molecule has 15 heavy (non-hydrogen) atoms. The lowest BCUT2D eigenvalue weighted by atomic mass is 10.1. The summed E-state index contributed by atoms with van der Waals surface area (Å²) in [5, 5.41) is 0. The molecule has 3 N–H and O–H groups in total. The first-order valence-electron chi connectivity index (χ1n) is 4.90. The number of hydrogen-bond acceptors (Lipinski definition) is 3. The van der Waals surface area contributed by atoms with Gasteiger partial charge in [0.05, 0.1) is 5.92 Å². The molecule has 5 heteroatoms. The number of amides is 1. The average molecular weight is 207 g/mol. The fraction of sp³-hybridized carbons (Fsp3) is 0.400. The van der Waals surface area contributed by atoms with Crippen LogP contribution in [0.4, 0.5) is 5.82 Å². The molecule has 1 aromatic rings. The Morgan fingerprint density at radius 1 is 1.53 bits per heavy atom. The number of nitrogens with one attached hydrogen (secondary N) is 1. The molecule has 1 atom stereocenters. The Kier molecular flexibility index (Phi) is 2.45. The summed E-state index contributed by atoms with van der Waals surface area (Å²) in [6.07, 6.45) is 0.756. The summed E-state index contributed by atoms with van der Waals surface area (Å²) in [4.78, 5) is 26.8. The molecule has 1 unspecified atom stereocenters. The minimum absolute atomic E-state index is 0.103. The zero-order valence-electron chi connectivity index (χ0n) is 8.27. The summed E-state index contributed by atoms with van der Waals surface area (Å²) < 4.78 is 0. The number of carbonyl (C=O) groups excluding carboxylic acids is 1. The van der Waals surface area contributed by atoms with Crippen molar-refractivity contribution in [3.63, 3.8) is 0 Å². The summed E-state index contributed by atoms with van der Waals surface area (Å²) in [5.74, 6) is 0.385. The fourth-order valence-corrected chi connectivity index (χ4v) is 1.83. The molecule has 0 bridgehead atoms. The Morgan fingerprint density at radius 3 is 2.93 bits per heavy atom. The number of pyridine rings is 1. The summed E-state index contributed by atoms with van der Waals surface area (Å²) in [7, 11) is 0. The van der Waals surface area contributed by atoms with E-state index in [4.69, 9.17) is 5.73 Å². The van der Waals surface area contributed by atoms with Crippen molar-refractivity contribution in [3.05, 3.63) is 28.6 Å². The van der Waals surface area contributed by atoms with Gasteiger partial charge >= 0.3 is 0 Å². The Hall–Kier alpha value is -1.78. The molecule has 0 spiro atoms. The molecule has 1 aromatic heterocycles. The van der Waals surface area contributed by atoms with Gasteiger partial charge in [-0.2, -0.15) is 0 Å². The van der Waals surface area contributed by atoms with Gasteiger partial charge in [-0.1, -0.05) is 6.07 Å². The van der Waals surface area contributed by atoms with Gasteiger partial charge in [-0.15, -0.1) is 0 Å². The van der Waals surface area contributed by atoms with Gasteiger partial charge in [-0.25, -0.2) is 0 Å². The van der Waals surface area contributed by atoms with Crippen molar-refractivity contribution >= 4 is 11.7 Å². The smallest absolute Gasteiger partial charge is 0.249 e. The van der Waals surface area contributed by atoms with Crippen LogP contribution in [0, 0.1) is 5.92 Å². The quantitative estimate of drug-likeness (QED) is 0.698. The number of nitrogens with two attached hydrogens (primary N) is 1. The molecule has 80 valence electrons. The van der Waals surface area contributed by atoms with Gasteiger partial charge in [0.2, 0.25) is 11.5 Å². The number of hydrogen-bond donors (Lipinski definition) is 2. The molecule has 2 heterocycles. The lowest BCUT2D eigenvalue weighted by Gasteiger charge is -2.16. The van der Waals surface area contributed by atoms with Gasteiger partial charge in [0, 0.05) is 19.2 Å². The van der Waals surface area contributed by atoms with E-state index >= 15 is 0 Å². The molecule has 1 amide bonds. The zero-order chi connectivity index (χ0) is 10.8. The molecule has 1 saturated heterocycles. The van der Waals surface area contributed by atoms with E-state index in [-0.39, 0.29) is 17.4 Å². The van der Waals surface area contributed by atoms with Crippen LogP contribution in [0.1, 0.15) is 6.42 Å². The third-order valence-electron chi connectivity index (χ3n) is 2.68. The van der Waals surface area contributed by atoms with Crippen molar-refractivity contribution in [2.45, 2.75) is 6.42 Å². The first-order valence-corrected chi connectivity index (χ1v) is 4.90. The van der Waals surface area contributed by atoms with Crippen LogP contribution in [0.2, 0.25) is 0 Å². The normalized spacial score (nSPS) is 20.5. The predicted octanol–water partition coefficient (Wildman–Crippen LogP) is -0.314. The highest BCUT2D eigenvalue weighted by Gasteiger charge is 2.26. The molecule has 0 saturated carbocycles. The number of nitrogens with zero attached hydrogens (tertiary/aromatic N) is 1. The first-order chi connectivity index (χ1) is 7.16. The third kappa shape index (κ3) is 2.01. The molecule has 0 aromatic carbocycles. The summed E-state index contributed by atoms with van der Waals surface area (Å²) in [6.45, 7) is 1.35. The maximum atomic E-state index is 11.1. The van der Waals surface area contributed by atoms with Crippen LogP contribution in [-0.2, 0) is 4.79 Å². The molecule has 1 aliphatic heterocycles. The van der Waals surface area contributed by atoms with Crippen LogP contribution >= 0.6 is 0 Å². The van der Waals surface area contributed by atoms with E-state index in [0.29, 0.717) is 6.54 Å². The highest BCUT2D eigenvalue weighted by atomic mass is 16.1. The molecule has 5 nitrogen and oxygen atoms in total. The van der Waals surface area contributed by atoms with Crippen LogP contribution < -0.4 is 16.2 Å². The van der Waals surface area contributed by atoms with Crippen molar-refractivity contribution in [2.24, 2.45) is 11.7 Å². The monoisotopic (exact) mass is 207 g/mol. The van der Waals surface area contributed by atoms with E-state index in [0.717, 1.165) is 18.8 Å². The SMILES string of the molecule is NC(=O)C1CCN(c2cccc(=O)[nH]2)C1. The largest absolute Gasteiger partial charge is 0.369 e. The average Bonchev–Trinajstić information content (AvgIpc) is 2.66. The van der Waals surface area contributed by atoms with Gasteiger partial charge < -0.3 is 15.6 Å². The van der Waals surface area contributed by atoms with Gasteiger partial charge in [0.15, 0.2) is 0 Å². The van der Waals surface area contributed by atoms with E-state index in [2.05, 4.69) is 4.98 Å². The van der Waals surface area contributed by atoms with Gasteiger partial charge in [0.25, 0.3) is 0 Å². The maximum absolute atomic E-state index is 11.1. The lowest BCUT2D eigenvalue weighted by Crippen LogP contribution is -2.28. The molecule has 1 fully saturated rings. The second kappa shape index (κ2) is 3.76. The van der Waals surface area contributed by atoms with Crippen molar-refractivity contribution in [3.8, 4) is 0 Å². The Bertz CT molecular complexity index is 427. The molecular weight excluding hydrogens is 194 g/mol. The van der Waals surface area contributed by atoms with E-state index < -0.39 is 0 Å². The van der Waals surface area contributed by atoms with E-state index in [9.17, 15) is 9.59 Å². The summed E-state index contributed by atoms with van der Waals surface area (Å²) in [5.41, 5.74) is 5.10. The third-order valence-corrected chi connectivity index (χ3v) is 2.68. The van der Waals surface area contributed by atoms with Crippen LogP contribution in [0.25, 0.3) is 0 Å². The van der Waals surface area contributed by atoms with Crippen LogP contribution in [0.3, 0.4) is 0 Å². The zero-order valence-corrected chi connectivity index (χ0v) is 8.27. The van der Waals surface area contributed by atoms with Crippen molar-refractivity contribution in [2.75, 3.05) is 18.0 Å². The van der Waals surface area contributed by atoms with Crippen molar-refractivity contribution in [1.29, 1.82) is 0 Å². The minimum Gasteiger partial charge on any atom is -0.369 e. The number of aromatic nitrogens is 1. The summed E-state index contributed by atoms with van der Waals surface area (Å²) >= 11 is 0. The van der Waals surface area contributed by atoms with Crippen molar-refractivity contribution < 1.29 is 4.79 Å². The minimum atomic E-state index is -0.268. The summed E-state index contributed by atoms with van der Waals surface area (Å²) in [6, 6.07) is 4.99. The standard InChI is InChI=1S/C10H13N3O2/c11-10(15)7-4-5-13(6-7)8-2-1-3-9(14)12-8/h1-3,7H,4-6H2,(H2,11,15)(H,12,14). The number of H-pyrrole nitrogens is 1. The number of carbonyl (C=O) groups is 1. The van der Waals surface area contributed by atoms with Crippen molar-refractivity contribution in [1.82, 2.24) is 4.98 Å². The number of primary amides is 1. The maximum Gasteiger partial charge on any atom is 0.249 e. The highest BCUT2D eigenvalue weighted by Crippen LogP contribution is 2.20. The van der Waals surface area contributed by atoms with Crippen LogP contribution in [0.15, 0.2) is 23.0 Å². The molecular formula is C10H13N3O2. The molecule has 2 rings (SSSR count). The van der Waals surface area contributed by atoms with Gasteiger partial charge in [-0.3, -0.25) is 9.59 Å². The van der Waals surface area contributed by atoms with E-state index in [1.165, 1.54) is 6.07 Å². The second-order valence-electron chi connectivity index (χ2n) is 3.73. The lowest BCUT2D eigenvalue weighted by molar-refractivity contribution is -0.121. The van der Waals surface area contributed by atoms with E-state index in [1.54, 1.807) is 6.07 Å². The number of anilines is 1. The topological polar surface area (TPSA) is 79.2 Å². The Morgan fingerprint density at radius 2 is 2.33 bits per heavy atom. The van der Waals surface area contributed by atoms with Crippen LogP contribution in [0.5, 0.6) is 0 Å². The van der Waals surface area contributed by atoms with Crippen LogP contribution in [-0.4, -0.2) is 24.0 Å². The fourth-order valence-electron chi connectivity index (χ4n) is 1.83. The van der Waals surface area contributed by atoms with Gasteiger partial charge in [0.1, 0.15) is 5.82 Å². The molecule has 0 aliphatic carbocycles.